The molecule has 0 spiro atoms. The molecule has 1 amide bonds. The molecule has 1 saturated carbocycles. The van der Waals surface area contributed by atoms with Gasteiger partial charge in [-0.2, -0.15) is 0 Å². The second-order valence-corrected chi connectivity index (χ2v) is 5.25. The summed E-state index contributed by atoms with van der Waals surface area (Å²) in [6.45, 7) is 5.51. The molecule has 1 aliphatic heterocycles. The van der Waals surface area contributed by atoms with Crippen LogP contribution in [0.2, 0.25) is 0 Å². The highest BCUT2D eigenvalue weighted by molar-refractivity contribution is 5.78. The van der Waals surface area contributed by atoms with Crippen LogP contribution in [0.5, 0.6) is 0 Å². The maximum Gasteiger partial charge on any atom is 0.234 e. The number of nitrogens with zero attached hydrogens (tertiary/aromatic N) is 1. The monoisotopic (exact) mass is 241 g/mol. The van der Waals surface area contributed by atoms with Gasteiger partial charge in [-0.3, -0.25) is 9.69 Å². The molecule has 5 nitrogen and oxygen atoms in total. The summed E-state index contributed by atoms with van der Waals surface area (Å²) in [6.07, 6.45) is 2.59. The fourth-order valence-corrected chi connectivity index (χ4v) is 2.03. The van der Waals surface area contributed by atoms with Gasteiger partial charge in [-0.1, -0.05) is 0 Å². The normalized spacial score (nSPS) is 27.8. The number of amides is 1. The van der Waals surface area contributed by atoms with Crippen molar-refractivity contribution in [1.82, 2.24) is 10.2 Å². The van der Waals surface area contributed by atoms with Crippen LogP contribution in [-0.2, 0) is 9.53 Å². The average Bonchev–Trinajstić information content (AvgIpc) is 3.10. The van der Waals surface area contributed by atoms with Crippen molar-refractivity contribution in [2.24, 2.45) is 11.7 Å². The van der Waals surface area contributed by atoms with Crippen LogP contribution in [0.1, 0.15) is 19.8 Å². The Morgan fingerprint density at radius 1 is 1.59 bits per heavy atom. The number of rotatable bonds is 5. The Hall–Kier alpha value is -0.650. The second kappa shape index (κ2) is 5.80. The Morgan fingerprint density at radius 2 is 2.35 bits per heavy atom. The minimum Gasteiger partial charge on any atom is -0.374 e. The maximum atomic E-state index is 11.7. The highest BCUT2D eigenvalue weighted by Crippen LogP contribution is 2.27. The van der Waals surface area contributed by atoms with Crippen LogP contribution in [-0.4, -0.2) is 55.7 Å². The third-order valence-electron chi connectivity index (χ3n) is 3.42. The minimum atomic E-state index is 0.0207. The lowest BCUT2D eigenvalue weighted by molar-refractivity contribution is -0.124. The molecule has 0 bridgehead atoms. The SMILES string of the molecule is CC(N)C1CN(CC(=O)NCC2CC2)CCO1. The molecule has 0 aromatic heterocycles. The van der Waals surface area contributed by atoms with Crippen molar-refractivity contribution in [3.8, 4) is 0 Å². The van der Waals surface area contributed by atoms with Gasteiger partial charge in [0.15, 0.2) is 0 Å². The predicted octanol–water partition coefficient (Wildman–Crippen LogP) is -0.439. The van der Waals surface area contributed by atoms with Crippen molar-refractivity contribution in [1.29, 1.82) is 0 Å². The number of morpholine rings is 1. The van der Waals surface area contributed by atoms with E-state index in [1.165, 1.54) is 12.8 Å². The highest BCUT2D eigenvalue weighted by Gasteiger charge is 2.25. The lowest BCUT2D eigenvalue weighted by Gasteiger charge is -2.34. The van der Waals surface area contributed by atoms with Crippen molar-refractivity contribution in [3.05, 3.63) is 0 Å². The number of hydrogen-bond donors (Lipinski definition) is 2. The molecule has 0 aromatic rings. The highest BCUT2D eigenvalue weighted by atomic mass is 16.5. The molecule has 1 aliphatic carbocycles. The van der Waals surface area contributed by atoms with Crippen molar-refractivity contribution in [2.75, 3.05) is 32.8 Å². The van der Waals surface area contributed by atoms with Gasteiger partial charge in [0.05, 0.1) is 19.3 Å². The lowest BCUT2D eigenvalue weighted by atomic mass is 10.1. The van der Waals surface area contributed by atoms with Crippen molar-refractivity contribution in [2.45, 2.75) is 31.9 Å². The van der Waals surface area contributed by atoms with E-state index in [2.05, 4.69) is 10.2 Å². The Kier molecular flexibility index (Phi) is 4.36. The molecular formula is C12H23N3O2. The molecule has 1 saturated heterocycles. The molecule has 2 unspecified atom stereocenters. The first-order valence-corrected chi connectivity index (χ1v) is 6.51. The van der Waals surface area contributed by atoms with Crippen LogP contribution in [0, 0.1) is 5.92 Å². The van der Waals surface area contributed by atoms with E-state index in [9.17, 15) is 4.79 Å². The van der Waals surface area contributed by atoms with E-state index in [0.29, 0.717) is 13.2 Å². The van der Waals surface area contributed by atoms with E-state index in [-0.39, 0.29) is 18.1 Å². The molecular weight excluding hydrogens is 218 g/mol. The van der Waals surface area contributed by atoms with Gasteiger partial charge in [-0.05, 0) is 25.7 Å². The molecule has 1 heterocycles. The Labute approximate surface area is 103 Å². The van der Waals surface area contributed by atoms with E-state index in [1.54, 1.807) is 0 Å². The Morgan fingerprint density at radius 3 is 3.00 bits per heavy atom. The number of ether oxygens (including phenoxy) is 1. The van der Waals surface area contributed by atoms with Crippen molar-refractivity contribution in [3.63, 3.8) is 0 Å². The zero-order valence-corrected chi connectivity index (χ0v) is 10.5. The van der Waals surface area contributed by atoms with Gasteiger partial charge in [0.1, 0.15) is 0 Å². The smallest absolute Gasteiger partial charge is 0.234 e. The van der Waals surface area contributed by atoms with Crippen molar-refractivity contribution >= 4 is 5.91 Å². The molecule has 2 fully saturated rings. The van der Waals surface area contributed by atoms with Gasteiger partial charge >= 0.3 is 0 Å². The zero-order chi connectivity index (χ0) is 12.3. The second-order valence-electron chi connectivity index (χ2n) is 5.25. The summed E-state index contributed by atoms with van der Waals surface area (Å²) < 4.78 is 5.56. The van der Waals surface area contributed by atoms with Gasteiger partial charge in [0.2, 0.25) is 5.91 Å². The molecule has 2 rings (SSSR count). The molecule has 17 heavy (non-hydrogen) atoms. The Bertz CT molecular complexity index is 266. The molecule has 3 N–H and O–H groups in total. The molecule has 98 valence electrons. The largest absolute Gasteiger partial charge is 0.374 e. The first-order valence-electron chi connectivity index (χ1n) is 6.51. The fraction of sp³-hybridized carbons (Fsp3) is 0.917. The third-order valence-corrected chi connectivity index (χ3v) is 3.42. The zero-order valence-electron chi connectivity index (χ0n) is 10.5. The number of carbonyl (C=O) groups is 1. The average molecular weight is 241 g/mol. The van der Waals surface area contributed by atoms with Crippen LogP contribution >= 0.6 is 0 Å². The molecule has 0 radical (unpaired) electrons. The van der Waals surface area contributed by atoms with Crippen molar-refractivity contribution < 1.29 is 9.53 Å². The summed E-state index contributed by atoms with van der Waals surface area (Å²) in [4.78, 5) is 13.8. The summed E-state index contributed by atoms with van der Waals surface area (Å²) in [5.41, 5.74) is 5.81. The summed E-state index contributed by atoms with van der Waals surface area (Å²) in [7, 11) is 0. The summed E-state index contributed by atoms with van der Waals surface area (Å²) in [6, 6.07) is 0.0207. The lowest BCUT2D eigenvalue weighted by Crippen LogP contribution is -2.51. The molecule has 5 heteroatoms. The number of carbonyl (C=O) groups excluding carboxylic acids is 1. The van der Waals surface area contributed by atoms with Crippen LogP contribution in [0.3, 0.4) is 0 Å². The van der Waals surface area contributed by atoms with Gasteiger partial charge in [-0.25, -0.2) is 0 Å². The van der Waals surface area contributed by atoms with E-state index in [4.69, 9.17) is 10.5 Å². The first kappa shape index (κ1) is 12.8. The van der Waals surface area contributed by atoms with Gasteiger partial charge in [-0.15, -0.1) is 0 Å². The van der Waals surface area contributed by atoms with Gasteiger partial charge in [0, 0.05) is 25.7 Å². The minimum absolute atomic E-state index is 0.0207. The van der Waals surface area contributed by atoms with Crippen LogP contribution in [0.4, 0.5) is 0 Å². The summed E-state index contributed by atoms with van der Waals surface area (Å²) in [5, 5.41) is 2.98. The topological polar surface area (TPSA) is 67.6 Å². The number of hydrogen-bond acceptors (Lipinski definition) is 4. The maximum absolute atomic E-state index is 11.7. The predicted molar refractivity (Wildman–Crippen MR) is 65.6 cm³/mol. The van der Waals surface area contributed by atoms with Crippen LogP contribution in [0.15, 0.2) is 0 Å². The summed E-state index contributed by atoms with van der Waals surface area (Å²) >= 11 is 0. The third kappa shape index (κ3) is 4.26. The van der Waals surface area contributed by atoms with Crippen LogP contribution < -0.4 is 11.1 Å². The molecule has 2 atom stereocenters. The van der Waals surface area contributed by atoms with Gasteiger partial charge in [0.25, 0.3) is 0 Å². The van der Waals surface area contributed by atoms with E-state index >= 15 is 0 Å². The van der Waals surface area contributed by atoms with Gasteiger partial charge < -0.3 is 15.8 Å². The fourth-order valence-electron chi connectivity index (χ4n) is 2.03. The van der Waals surface area contributed by atoms with E-state index in [0.717, 1.165) is 25.6 Å². The quantitative estimate of drug-likeness (QED) is 0.685. The Balaban J connectivity index is 1.67. The molecule has 2 aliphatic rings. The number of nitrogens with one attached hydrogen (secondary N) is 1. The van der Waals surface area contributed by atoms with E-state index in [1.807, 2.05) is 6.92 Å². The van der Waals surface area contributed by atoms with E-state index < -0.39 is 0 Å². The first-order chi connectivity index (χ1) is 8.15. The summed E-state index contributed by atoms with van der Waals surface area (Å²) in [5.74, 6) is 0.864. The number of nitrogens with two attached hydrogens (primary N) is 1. The standard InChI is InChI=1S/C12H23N3O2/c1-9(13)11-7-15(4-5-17-11)8-12(16)14-6-10-2-3-10/h9-11H,2-8,13H2,1H3,(H,14,16). The molecule has 0 aromatic carbocycles. The van der Waals surface area contributed by atoms with Crippen LogP contribution in [0.25, 0.3) is 0 Å².